The second-order valence-corrected chi connectivity index (χ2v) is 4.86. The zero-order valence-corrected chi connectivity index (χ0v) is 8.89. The molecule has 2 aliphatic rings. The zero-order valence-electron chi connectivity index (χ0n) is 8.89. The summed E-state index contributed by atoms with van der Waals surface area (Å²) in [5.41, 5.74) is 1.06. The molecule has 1 N–H and O–H groups in total. The fraction of sp³-hybridized carbons (Fsp3) is 0.667. The zero-order chi connectivity index (χ0) is 10.1. The fourth-order valence-electron chi connectivity index (χ4n) is 3.15. The predicted molar refractivity (Wildman–Crippen MR) is 58.1 cm³/mol. The van der Waals surface area contributed by atoms with Gasteiger partial charge in [0.25, 0.3) is 0 Å². The van der Waals surface area contributed by atoms with Crippen LogP contribution in [0.2, 0.25) is 0 Å². The van der Waals surface area contributed by atoms with Crippen LogP contribution in [0.15, 0.2) is 18.6 Å². The topological polar surface area (TPSA) is 37.8 Å². The van der Waals surface area contributed by atoms with Gasteiger partial charge >= 0.3 is 0 Å². The lowest BCUT2D eigenvalue weighted by Gasteiger charge is -2.22. The molecule has 3 nitrogen and oxygen atoms in total. The van der Waals surface area contributed by atoms with Gasteiger partial charge in [-0.1, -0.05) is 6.42 Å². The maximum Gasteiger partial charge on any atom is 0.0724 e. The third-order valence-electron chi connectivity index (χ3n) is 3.90. The number of rotatable bonds is 3. The third-order valence-corrected chi connectivity index (χ3v) is 3.90. The smallest absolute Gasteiger partial charge is 0.0724 e. The van der Waals surface area contributed by atoms with Crippen LogP contribution in [0.1, 0.15) is 31.4 Å². The van der Waals surface area contributed by atoms with Gasteiger partial charge in [0.05, 0.1) is 5.69 Å². The molecular formula is C12H17N3. The van der Waals surface area contributed by atoms with E-state index in [1.165, 1.54) is 25.7 Å². The summed E-state index contributed by atoms with van der Waals surface area (Å²) in [6.07, 6.45) is 11.1. The molecule has 3 rings (SSSR count). The van der Waals surface area contributed by atoms with Crippen molar-refractivity contribution in [1.29, 1.82) is 0 Å². The number of hydrogen-bond acceptors (Lipinski definition) is 3. The normalized spacial score (nSPS) is 33.5. The van der Waals surface area contributed by atoms with Crippen molar-refractivity contribution >= 4 is 0 Å². The van der Waals surface area contributed by atoms with Crippen LogP contribution in [0.5, 0.6) is 0 Å². The molecule has 1 aromatic rings. The minimum atomic E-state index is 0.741. The van der Waals surface area contributed by atoms with E-state index in [0.29, 0.717) is 0 Å². The number of nitrogens with zero attached hydrogens (tertiary/aromatic N) is 2. The Balaban J connectivity index is 1.55. The molecule has 2 saturated carbocycles. The molecule has 2 bridgehead atoms. The van der Waals surface area contributed by atoms with Crippen LogP contribution >= 0.6 is 0 Å². The predicted octanol–water partition coefficient (Wildman–Crippen LogP) is 1.75. The van der Waals surface area contributed by atoms with Gasteiger partial charge < -0.3 is 5.32 Å². The summed E-state index contributed by atoms with van der Waals surface area (Å²) in [6.45, 7) is 0.877. The summed E-state index contributed by atoms with van der Waals surface area (Å²) in [4.78, 5) is 8.35. The van der Waals surface area contributed by atoms with Gasteiger partial charge in [0.2, 0.25) is 0 Å². The lowest BCUT2D eigenvalue weighted by Crippen LogP contribution is -2.33. The highest BCUT2D eigenvalue weighted by atomic mass is 15.0. The Morgan fingerprint density at radius 3 is 2.93 bits per heavy atom. The molecule has 0 aromatic carbocycles. The van der Waals surface area contributed by atoms with Gasteiger partial charge in [-0.2, -0.15) is 0 Å². The molecule has 3 atom stereocenters. The molecule has 2 fully saturated rings. The first-order chi connectivity index (χ1) is 7.42. The van der Waals surface area contributed by atoms with Crippen molar-refractivity contribution in [3.05, 3.63) is 24.3 Å². The molecule has 80 valence electrons. The van der Waals surface area contributed by atoms with Gasteiger partial charge in [-0.15, -0.1) is 0 Å². The van der Waals surface area contributed by atoms with Crippen LogP contribution in [-0.4, -0.2) is 16.0 Å². The highest BCUT2D eigenvalue weighted by Gasteiger charge is 2.38. The molecular weight excluding hydrogens is 186 g/mol. The molecule has 2 aliphatic carbocycles. The van der Waals surface area contributed by atoms with Crippen molar-refractivity contribution in [3.63, 3.8) is 0 Å². The van der Waals surface area contributed by atoms with E-state index in [2.05, 4.69) is 15.3 Å². The molecule has 3 unspecified atom stereocenters. The SMILES string of the molecule is c1cnc(CNC2CC3CCC2C3)cn1. The first-order valence-electron chi connectivity index (χ1n) is 5.90. The number of hydrogen-bond donors (Lipinski definition) is 1. The van der Waals surface area contributed by atoms with E-state index in [-0.39, 0.29) is 0 Å². The number of fused-ring (bicyclic) bond motifs is 2. The van der Waals surface area contributed by atoms with Crippen molar-refractivity contribution in [3.8, 4) is 0 Å². The molecule has 0 saturated heterocycles. The van der Waals surface area contributed by atoms with Crippen LogP contribution in [0.25, 0.3) is 0 Å². The second kappa shape index (κ2) is 3.89. The fourth-order valence-corrected chi connectivity index (χ4v) is 3.15. The minimum absolute atomic E-state index is 0.741. The molecule has 15 heavy (non-hydrogen) atoms. The lowest BCUT2D eigenvalue weighted by molar-refractivity contribution is 0.349. The van der Waals surface area contributed by atoms with Crippen LogP contribution in [0.3, 0.4) is 0 Å². The van der Waals surface area contributed by atoms with E-state index in [9.17, 15) is 0 Å². The van der Waals surface area contributed by atoms with Gasteiger partial charge in [0.1, 0.15) is 0 Å². The average Bonchev–Trinajstić information content (AvgIpc) is 2.89. The quantitative estimate of drug-likeness (QED) is 0.813. The van der Waals surface area contributed by atoms with Gasteiger partial charge in [-0.25, -0.2) is 0 Å². The van der Waals surface area contributed by atoms with Gasteiger partial charge in [-0.05, 0) is 31.1 Å². The Labute approximate surface area is 90.3 Å². The molecule has 3 heteroatoms. The van der Waals surface area contributed by atoms with E-state index in [4.69, 9.17) is 0 Å². The Morgan fingerprint density at radius 1 is 1.27 bits per heavy atom. The van der Waals surface area contributed by atoms with Crippen LogP contribution < -0.4 is 5.32 Å². The monoisotopic (exact) mass is 203 g/mol. The van der Waals surface area contributed by atoms with E-state index in [0.717, 1.165) is 30.1 Å². The van der Waals surface area contributed by atoms with Crippen LogP contribution in [0.4, 0.5) is 0 Å². The summed E-state index contributed by atoms with van der Waals surface area (Å²) < 4.78 is 0. The third kappa shape index (κ3) is 1.88. The highest BCUT2D eigenvalue weighted by Crippen LogP contribution is 2.44. The van der Waals surface area contributed by atoms with Gasteiger partial charge in [-0.3, -0.25) is 9.97 Å². The maximum atomic E-state index is 4.28. The molecule has 0 amide bonds. The summed E-state index contributed by atoms with van der Waals surface area (Å²) in [5, 5.41) is 3.63. The van der Waals surface area contributed by atoms with Gasteiger partial charge in [0.15, 0.2) is 0 Å². The largest absolute Gasteiger partial charge is 0.308 e. The summed E-state index contributed by atoms with van der Waals surface area (Å²) in [7, 11) is 0. The van der Waals surface area contributed by atoms with Crippen molar-refractivity contribution in [2.75, 3.05) is 0 Å². The summed E-state index contributed by atoms with van der Waals surface area (Å²) in [6, 6.07) is 0.741. The summed E-state index contributed by atoms with van der Waals surface area (Å²) >= 11 is 0. The van der Waals surface area contributed by atoms with Crippen molar-refractivity contribution in [2.45, 2.75) is 38.3 Å². The van der Waals surface area contributed by atoms with Crippen molar-refractivity contribution < 1.29 is 0 Å². The van der Waals surface area contributed by atoms with Gasteiger partial charge in [0, 0.05) is 31.2 Å². The first-order valence-corrected chi connectivity index (χ1v) is 5.90. The molecule has 0 radical (unpaired) electrons. The molecule has 1 heterocycles. The Morgan fingerprint density at radius 2 is 2.27 bits per heavy atom. The standard InChI is InChI=1S/C12H17N3/c1-2-10-5-9(1)6-12(10)15-8-11-7-13-3-4-14-11/h3-4,7,9-10,12,15H,1-2,5-6,8H2. The van der Waals surface area contributed by atoms with E-state index in [1.54, 1.807) is 12.4 Å². The Kier molecular flexibility index (Phi) is 2.41. The Hall–Kier alpha value is -0.960. The highest BCUT2D eigenvalue weighted by molar-refractivity contribution is 4.98. The van der Waals surface area contributed by atoms with Crippen molar-refractivity contribution in [2.24, 2.45) is 11.8 Å². The lowest BCUT2D eigenvalue weighted by atomic mass is 9.95. The number of nitrogens with one attached hydrogen (secondary N) is 1. The van der Waals surface area contributed by atoms with E-state index < -0.39 is 0 Å². The van der Waals surface area contributed by atoms with Crippen molar-refractivity contribution in [1.82, 2.24) is 15.3 Å². The summed E-state index contributed by atoms with van der Waals surface area (Å²) in [5.74, 6) is 1.95. The minimum Gasteiger partial charge on any atom is -0.308 e. The number of aromatic nitrogens is 2. The van der Waals surface area contributed by atoms with Crippen LogP contribution in [0, 0.1) is 11.8 Å². The maximum absolute atomic E-state index is 4.28. The molecule has 1 aromatic heterocycles. The van der Waals surface area contributed by atoms with E-state index in [1.807, 2.05) is 6.20 Å². The second-order valence-electron chi connectivity index (χ2n) is 4.86. The first kappa shape index (κ1) is 9.28. The van der Waals surface area contributed by atoms with E-state index >= 15 is 0 Å². The average molecular weight is 203 g/mol. The Bertz CT molecular complexity index is 325. The van der Waals surface area contributed by atoms with Crippen LogP contribution in [-0.2, 0) is 6.54 Å². The molecule has 0 aliphatic heterocycles. The molecule has 0 spiro atoms.